The van der Waals surface area contributed by atoms with Gasteiger partial charge in [-0.15, -0.1) is 0 Å². The molecule has 0 unspecified atom stereocenters. The van der Waals surface area contributed by atoms with Crippen molar-refractivity contribution in [2.75, 3.05) is 27.3 Å². The Morgan fingerprint density at radius 1 is 0.580 bits per heavy atom. The van der Waals surface area contributed by atoms with Gasteiger partial charge < -0.3 is 39.3 Å². The molecule has 356 valence electrons. The van der Waals surface area contributed by atoms with Crippen LogP contribution in [0.25, 0.3) is 0 Å². The highest BCUT2D eigenvalue weighted by Crippen LogP contribution is 2.44. The molecule has 0 saturated carbocycles. The number of hydrogen-bond donors (Lipinski definition) is 2. The lowest BCUT2D eigenvalue weighted by Gasteiger charge is -2.17. The quantitative estimate of drug-likeness (QED) is 0.104. The SMILES string of the molecule is COc1c(Br)cc2cc1Oc1ccc(cc1Br)CCNC(=O)/C(=N/OCc1ccccc1)Cc1cc(Br)c(OC)c(c1)Oc1cc([N+](=O)[O-])c(cc1Br)C/C(=N\OCc1ccccc1)C(=O)NCC2. The number of nitrogens with zero attached hydrogens (tertiary/aromatic N) is 3. The molecule has 0 aliphatic carbocycles. The monoisotopic (exact) mass is 1190 g/mol. The first-order chi connectivity index (χ1) is 33.4. The molecule has 0 saturated heterocycles. The second-order valence-electron chi connectivity index (χ2n) is 15.3. The Kier molecular flexibility index (Phi) is 17.8. The number of halogens is 4. The topological polar surface area (TPSA) is 181 Å². The number of nitrogens with one attached hydrogen (secondary N) is 2. The molecule has 4 aliphatic rings. The number of methoxy groups -OCH3 is 2. The molecule has 0 atom stereocenters. The summed E-state index contributed by atoms with van der Waals surface area (Å²) in [5.74, 6) is 0.851. The number of nitro benzene ring substituents is 1. The number of oxime groups is 2. The standard InChI is InChI=1S/C50H43Br4N5O10/c1-64-47-38(53)20-33-16-18-56-50(61)41(58-67-29-32-11-7-4-8-12-32)26-35-25-37(52)44(27-42(35)59(62)63)69-46-24-34(21-39(54)48(46)65-2)22-40(57-66-28-31-9-5-3-6-10-31)49(60)55-17-15-30-13-14-43(36(51)19-30)68-45(47)23-33/h3-14,19-21,23-25,27H,15-18,22,26,28-29H2,1-2H3,(H,55,60)(H,56,61)/b57-40+,58-41+. The largest absolute Gasteiger partial charge is 0.492 e. The van der Waals surface area contributed by atoms with Crippen LogP contribution in [0.3, 0.4) is 0 Å². The van der Waals surface area contributed by atoms with Gasteiger partial charge >= 0.3 is 0 Å². The van der Waals surface area contributed by atoms with E-state index in [4.69, 9.17) is 28.6 Å². The van der Waals surface area contributed by atoms with Crippen LogP contribution in [0.1, 0.15) is 33.4 Å². The van der Waals surface area contributed by atoms with Crippen molar-refractivity contribution < 1.29 is 43.1 Å². The first kappa shape index (κ1) is 50.6. The van der Waals surface area contributed by atoms with Crippen molar-refractivity contribution in [1.82, 2.24) is 10.6 Å². The number of amides is 2. The van der Waals surface area contributed by atoms with Gasteiger partial charge in [0.25, 0.3) is 17.5 Å². The molecular formula is C50H43Br4N5O10. The zero-order chi connectivity index (χ0) is 48.9. The summed E-state index contributed by atoms with van der Waals surface area (Å²) in [6.07, 6.45) is 0.542. The molecule has 15 nitrogen and oxygen atoms in total. The summed E-state index contributed by atoms with van der Waals surface area (Å²) in [6.45, 7) is 0.592. The van der Waals surface area contributed by atoms with Gasteiger partial charge in [0, 0.05) is 31.5 Å². The van der Waals surface area contributed by atoms with Crippen molar-refractivity contribution in [2.45, 2.75) is 38.9 Å². The van der Waals surface area contributed by atoms with Crippen LogP contribution in [0, 0.1) is 10.1 Å². The third-order valence-corrected chi connectivity index (χ3v) is 12.9. The van der Waals surface area contributed by atoms with Crippen LogP contribution in [0.4, 0.5) is 5.69 Å². The molecule has 8 bridgehead atoms. The summed E-state index contributed by atoms with van der Waals surface area (Å²) in [5.41, 5.74) is 3.71. The normalized spacial score (nSPS) is 14.7. The highest BCUT2D eigenvalue weighted by atomic mass is 79.9. The third kappa shape index (κ3) is 13.7. The van der Waals surface area contributed by atoms with Crippen LogP contribution in [0.2, 0.25) is 0 Å². The second-order valence-corrected chi connectivity index (χ2v) is 18.7. The lowest BCUT2D eigenvalue weighted by molar-refractivity contribution is -0.385. The summed E-state index contributed by atoms with van der Waals surface area (Å²) in [7, 11) is 2.99. The fourth-order valence-corrected chi connectivity index (χ4v) is 9.36. The molecule has 4 heterocycles. The molecule has 10 rings (SSSR count). The van der Waals surface area contributed by atoms with Gasteiger partial charge in [-0.2, -0.15) is 0 Å². The molecule has 0 radical (unpaired) electrons. The number of hydrogen-bond acceptors (Lipinski definition) is 12. The Balaban J connectivity index is 1.27. The molecule has 2 amide bonds. The van der Waals surface area contributed by atoms with E-state index in [9.17, 15) is 19.7 Å². The van der Waals surface area contributed by atoms with Crippen LogP contribution in [-0.4, -0.2) is 55.5 Å². The van der Waals surface area contributed by atoms with Gasteiger partial charge in [0.05, 0.1) is 43.1 Å². The molecule has 0 fully saturated rings. The summed E-state index contributed by atoms with van der Waals surface area (Å²) < 4.78 is 26.2. The second kappa shape index (κ2) is 24.3. The molecule has 6 aromatic carbocycles. The van der Waals surface area contributed by atoms with Crippen LogP contribution in [0.5, 0.6) is 34.5 Å². The summed E-state index contributed by atoms with van der Waals surface area (Å²) in [5, 5.41) is 27.1. The van der Waals surface area contributed by atoms with Gasteiger partial charge in [-0.05, 0) is 147 Å². The average molecular weight is 1190 g/mol. The smallest absolute Gasteiger partial charge is 0.276 e. The van der Waals surface area contributed by atoms with Gasteiger partial charge in [-0.1, -0.05) is 77.0 Å². The van der Waals surface area contributed by atoms with Gasteiger partial charge in [-0.3, -0.25) is 19.7 Å². The Bertz CT molecular complexity index is 2900. The number of ether oxygens (including phenoxy) is 4. The van der Waals surface area contributed by atoms with E-state index in [-0.39, 0.29) is 79.1 Å². The predicted octanol–water partition coefficient (Wildman–Crippen LogP) is 11.5. The van der Waals surface area contributed by atoms with Crippen molar-refractivity contribution in [1.29, 1.82) is 0 Å². The number of benzene rings is 6. The minimum atomic E-state index is -0.594. The Hall–Kier alpha value is -6.28. The van der Waals surface area contributed by atoms with Crippen LogP contribution in [-0.2, 0) is 58.2 Å². The molecular weight excluding hydrogens is 1150 g/mol. The molecule has 0 aromatic heterocycles. The van der Waals surface area contributed by atoms with Crippen molar-refractivity contribution in [3.05, 3.63) is 177 Å². The summed E-state index contributed by atoms with van der Waals surface area (Å²) >= 11 is 14.4. The molecule has 69 heavy (non-hydrogen) atoms. The van der Waals surface area contributed by atoms with Gasteiger partial charge in [0.1, 0.15) is 36.1 Å². The molecule has 19 heteroatoms. The average Bonchev–Trinajstić information content (AvgIpc) is 3.32. The number of carbonyl (C=O) groups is 2. The van der Waals surface area contributed by atoms with E-state index < -0.39 is 16.7 Å². The predicted molar refractivity (Wildman–Crippen MR) is 275 cm³/mol. The van der Waals surface area contributed by atoms with Gasteiger partial charge in [-0.25, -0.2) is 0 Å². The van der Waals surface area contributed by atoms with Crippen molar-refractivity contribution in [2.24, 2.45) is 10.3 Å². The van der Waals surface area contributed by atoms with Gasteiger partial charge in [0.2, 0.25) is 0 Å². The maximum atomic E-state index is 14.0. The fraction of sp³-hybridized carbons (Fsp3) is 0.200. The highest BCUT2D eigenvalue weighted by molar-refractivity contribution is 9.11. The number of carbonyl (C=O) groups excluding carboxylic acids is 2. The van der Waals surface area contributed by atoms with Crippen LogP contribution < -0.4 is 29.6 Å². The summed E-state index contributed by atoms with van der Waals surface area (Å²) in [6, 6.07) is 34.1. The lowest BCUT2D eigenvalue weighted by Crippen LogP contribution is -2.34. The number of rotatable bonds is 9. The Morgan fingerprint density at radius 3 is 1.62 bits per heavy atom. The maximum Gasteiger partial charge on any atom is 0.276 e. The van der Waals surface area contributed by atoms with Crippen LogP contribution in [0.15, 0.2) is 143 Å². The maximum absolute atomic E-state index is 14.0. The highest BCUT2D eigenvalue weighted by Gasteiger charge is 2.26. The molecule has 2 N–H and O–H groups in total. The molecule has 0 spiro atoms. The summed E-state index contributed by atoms with van der Waals surface area (Å²) in [4.78, 5) is 51.4. The van der Waals surface area contributed by atoms with Crippen LogP contribution >= 0.6 is 63.7 Å². The van der Waals surface area contributed by atoms with Gasteiger partial charge in [0.15, 0.2) is 23.0 Å². The van der Waals surface area contributed by atoms with E-state index in [1.807, 2.05) is 91.0 Å². The Morgan fingerprint density at radius 2 is 1.07 bits per heavy atom. The van der Waals surface area contributed by atoms with E-state index in [1.54, 1.807) is 12.1 Å². The fourth-order valence-electron chi connectivity index (χ4n) is 7.08. The lowest BCUT2D eigenvalue weighted by atomic mass is 10.0. The molecule has 4 aliphatic heterocycles. The minimum Gasteiger partial charge on any atom is -0.492 e. The first-order valence-corrected chi connectivity index (χ1v) is 24.4. The number of nitro groups is 1. The minimum absolute atomic E-state index is 0.00525. The van der Waals surface area contributed by atoms with Crippen molar-refractivity contribution >= 4 is 92.6 Å². The van der Waals surface area contributed by atoms with E-state index >= 15 is 0 Å². The molecule has 6 aromatic rings. The zero-order valence-electron chi connectivity index (χ0n) is 37.1. The van der Waals surface area contributed by atoms with E-state index in [0.717, 1.165) is 22.3 Å². The van der Waals surface area contributed by atoms with E-state index in [2.05, 4.69) is 84.7 Å². The first-order valence-electron chi connectivity index (χ1n) is 21.2. The van der Waals surface area contributed by atoms with E-state index in [0.29, 0.717) is 53.5 Å². The van der Waals surface area contributed by atoms with Crippen molar-refractivity contribution in [3.63, 3.8) is 0 Å². The Labute approximate surface area is 431 Å². The third-order valence-electron chi connectivity index (χ3n) is 10.5. The van der Waals surface area contributed by atoms with E-state index in [1.165, 1.54) is 26.4 Å². The zero-order valence-corrected chi connectivity index (χ0v) is 43.4. The van der Waals surface area contributed by atoms with Crippen molar-refractivity contribution in [3.8, 4) is 34.5 Å².